The Bertz CT molecular complexity index is 1220. The first-order valence-corrected chi connectivity index (χ1v) is 12.3. The molecular weight excluding hydrogens is 510 g/mol. The molecule has 1 heterocycles. The van der Waals surface area contributed by atoms with E-state index in [4.69, 9.17) is 21.0 Å². The lowest BCUT2D eigenvalue weighted by Gasteiger charge is -2.41. The fourth-order valence-corrected chi connectivity index (χ4v) is 5.11. The molecule has 1 aromatic carbocycles. The van der Waals surface area contributed by atoms with Crippen LogP contribution in [0, 0.1) is 10.1 Å². The molecule has 0 aliphatic carbocycles. The number of hydroxylamine groups is 1. The summed E-state index contributed by atoms with van der Waals surface area (Å²) < 4.78 is 33.2. The van der Waals surface area contributed by atoms with Gasteiger partial charge in [0.25, 0.3) is 15.7 Å². The van der Waals surface area contributed by atoms with Crippen LogP contribution < -0.4 is 11.5 Å². The van der Waals surface area contributed by atoms with Crippen LogP contribution in [0.15, 0.2) is 53.5 Å². The van der Waals surface area contributed by atoms with Crippen LogP contribution in [0.25, 0.3) is 0 Å². The number of benzene rings is 1. The van der Waals surface area contributed by atoms with E-state index in [-0.39, 0.29) is 12.2 Å². The number of para-hydroxylation sites is 1. The Labute approximate surface area is 213 Å². The van der Waals surface area contributed by atoms with E-state index in [1.807, 2.05) is 0 Å². The SMILES string of the molecule is C=CCON(C1CN(C(=O)OC(C)(C)C)C(C(N)=O)C=C1CC(N)=O)S(=O)(=O)c1ccccc1[N+](=O)[O-]. The Balaban J connectivity index is 2.74. The molecule has 0 saturated heterocycles. The summed E-state index contributed by atoms with van der Waals surface area (Å²) in [5.74, 6) is -1.86. The van der Waals surface area contributed by atoms with E-state index in [0.29, 0.717) is 4.47 Å². The highest BCUT2D eigenvalue weighted by atomic mass is 32.2. The van der Waals surface area contributed by atoms with Gasteiger partial charge < -0.3 is 16.2 Å². The number of primary amides is 2. The van der Waals surface area contributed by atoms with Crippen LogP contribution in [0.2, 0.25) is 0 Å². The molecule has 15 heteroatoms. The number of nitrogens with zero attached hydrogens (tertiary/aromatic N) is 3. The number of nitro groups is 1. The lowest BCUT2D eigenvalue weighted by Crippen LogP contribution is -2.58. The smallest absolute Gasteiger partial charge is 0.411 e. The summed E-state index contributed by atoms with van der Waals surface area (Å²) >= 11 is 0. The second kappa shape index (κ2) is 11.5. The molecule has 1 aliphatic heterocycles. The summed E-state index contributed by atoms with van der Waals surface area (Å²) in [5, 5.41) is 11.6. The summed E-state index contributed by atoms with van der Waals surface area (Å²) in [6, 6.07) is 1.72. The molecule has 0 radical (unpaired) electrons. The maximum absolute atomic E-state index is 13.7. The van der Waals surface area contributed by atoms with Crippen LogP contribution in [0.1, 0.15) is 27.2 Å². The fraction of sp³-hybridized carbons (Fsp3) is 0.409. The van der Waals surface area contributed by atoms with E-state index in [9.17, 15) is 32.9 Å². The quantitative estimate of drug-likeness (QED) is 0.246. The molecule has 2 rings (SSSR count). The van der Waals surface area contributed by atoms with Crippen molar-refractivity contribution in [3.8, 4) is 0 Å². The summed E-state index contributed by atoms with van der Waals surface area (Å²) in [4.78, 5) is 53.3. The van der Waals surface area contributed by atoms with Crippen LogP contribution in [-0.2, 0) is 29.2 Å². The predicted molar refractivity (Wildman–Crippen MR) is 130 cm³/mol. The minimum Gasteiger partial charge on any atom is -0.444 e. The monoisotopic (exact) mass is 539 g/mol. The van der Waals surface area contributed by atoms with Crippen molar-refractivity contribution in [2.24, 2.45) is 11.5 Å². The molecule has 0 fully saturated rings. The number of amides is 3. The molecule has 0 spiro atoms. The highest BCUT2D eigenvalue weighted by Crippen LogP contribution is 2.33. The summed E-state index contributed by atoms with van der Waals surface area (Å²) in [7, 11) is -4.81. The largest absolute Gasteiger partial charge is 0.444 e. The van der Waals surface area contributed by atoms with E-state index in [2.05, 4.69) is 6.58 Å². The van der Waals surface area contributed by atoms with Gasteiger partial charge in [-0.3, -0.25) is 29.4 Å². The second-order valence-corrected chi connectivity index (χ2v) is 10.7. The van der Waals surface area contributed by atoms with Crippen molar-refractivity contribution < 1.29 is 37.3 Å². The molecule has 37 heavy (non-hydrogen) atoms. The molecule has 1 aliphatic rings. The van der Waals surface area contributed by atoms with Crippen LogP contribution in [0.4, 0.5) is 10.5 Å². The van der Waals surface area contributed by atoms with Crippen LogP contribution in [-0.4, -0.2) is 71.5 Å². The summed E-state index contributed by atoms with van der Waals surface area (Å²) in [5.41, 5.74) is 9.11. The number of nitro benzene ring substituents is 1. The third-order valence-corrected chi connectivity index (χ3v) is 6.69. The molecule has 3 amide bonds. The Morgan fingerprint density at radius 2 is 1.89 bits per heavy atom. The lowest BCUT2D eigenvalue weighted by molar-refractivity contribution is -0.388. The predicted octanol–water partition coefficient (Wildman–Crippen LogP) is 0.978. The van der Waals surface area contributed by atoms with Gasteiger partial charge in [0.05, 0.1) is 17.6 Å². The molecule has 2 unspecified atom stereocenters. The Kier molecular flexibility index (Phi) is 9.13. The number of rotatable bonds is 10. The van der Waals surface area contributed by atoms with Crippen molar-refractivity contribution in [3.05, 3.63) is 58.7 Å². The second-order valence-electron chi connectivity index (χ2n) is 8.95. The van der Waals surface area contributed by atoms with E-state index in [1.165, 1.54) is 18.2 Å². The van der Waals surface area contributed by atoms with Crippen LogP contribution in [0.5, 0.6) is 0 Å². The topological polar surface area (TPSA) is 205 Å². The Morgan fingerprint density at radius 3 is 2.41 bits per heavy atom. The van der Waals surface area contributed by atoms with Crippen molar-refractivity contribution in [2.45, 2.75) is 49.8 Å². The fourth-order valence-electron chi connectivity index (χ4n) is 3.52. The van der Waals surface area contributed by atoms with Gasteiger partial charge in [-0.1, -0.05) is 28.8 Å². The Hall–Kier alpha value is -3.82. The minimum atomic E-state index is -4.81. The number of carbonyl (C=O) groups excluding carboxylic acids is 3. The molecule has 0 aromatic heterocycles. The molecular formula is C22H29N5O9S. The molecule has 14 nitrogen and oxygen atoms in total. The first kappa shape index (κ1) is 29.4. The standard InChI is InChI=1S/C22H29N5O9S/c1-5-10-35-27(37(33,34)18-9-7-6-8-15(18)26(31)32)17-13-25(21(30)36-22(2,3)4)16(20(24)29)11-14(17)12-19(23)28/h5-9,11,16-17H,1,10,12-13H2,2-4H3,(H2,23,28)(H2,24,29). The van der Waals surface area contributed by atoms with Crippen molar-refractivity contribution >= 4 is 33.6 Å². The number of ether oxygens (including phenoxy) is 1. The number of sulfonamides is 1. The highest BCUT2D eigenvalue weighted by Gasteiger charge is 2.45. The Morgan fingerprint density at radius 1 is 1.27 bits per heavy atom. The number of hydrogen-bond acceptors (Lipinski definition) is 9. The van der Waals surface area contributed by atoms with Gasteiger partial charge in [0.15, 0.2) is 4.90 Å². The lowest BCUT2D eigenvalue weighted by atomic mass is 9.95. The molecule has 4 N–H and O–H groups in total. The average Bonchev–Trinajstić information content (AvgIpc) is 2.78. The molecule has 1 aromatic rings. The van der Waals surface area contributed by atoms with Gasteiger partial charge in [0.2, 0.25) is 11.8 Å². The van der Waals surface area contributed by atoms with Crippen molar-refractivity contribution in [1.82, 2.24) is 9.37 Å². The first-order chi connectivity index (χ1) is 17.1. The van der Waals surface area contributed by atoms with Gasteiger partial charge in [-0.15, -0.1) is 6.58 Å². The van der Waals surface area contributed by atoms with Gasteiger partial charge in [-0.05, 0) is 32.4 Å². The maximum atomic E-state index is 13.7. The molecule has 0 saturated carbocycles. The zero-order chi connectivity index (χ0) is 28.1. The summed E-state index contributed by atoms with van der Waals surface area (Å²) in [6.07, 6.45) is 0.823. The van der Waals surface area contributed by atoms with Gasteiger partial charge in [-0.2, -0.15) is 0 Å². The van der Waals surface area contributed by atoms with Gasteiger partial charge in [0.1, 0.15) is 11.6 Å². The zero-order valence-corrected chi connectivity index (χ0v) is 21.3. The maximum Gasteiger partial charge on any atom is 0.411 e. The van der Waals surface area contributed by atoms with Crippen molar-refractivity contribution in [2.75, 3.05) is 13.2 Å². The first-order valence-electron chi connectivity index (χ1n) is 10.9. The number of carbonyl (C=O) groups is 3. The normalized spacial score (nSPS) is 18.2. The van der Waals surface area contributed by atoms with Gasteiger partial charge in [-0.25, -0.2) is 13.2 Å². The van der Waals surface area contributed by atoms with Crippen molar-refractivity contribution in [3.63, 3.8) is 0 Å². The molecule has 0 bridgehead atoms. The third-order valence-electron chi connectivity index (χ3n) is 4.95. The van der Waals surface area contributed by atoms with Crippen molar-refractivity contribution in [1.29, 1.82) is 0 Å². The van der Waals surface area contributed by atoms with E-state index >= 15 is 0 Å². The van der Waals surface area contributed by atoms with Gasteiger partial charge in [0, 0.05) is 19.0 Å². The van der Waals surface area contributed by atoms with Crippen LogP contribution >= 0.6 is 0 Å². The molecule has 202 valence electrons. The third kappa shape index (κ3) is 7.12. The van der Waals surface area contributed by atoms with E-state index in [1.54, 1.807) is 20.8 Å². The van der Waals surface area contributed by atoms with E-state index < -0.39 is 74.1 Å². The number of hydrogen-bond donors (Lipinski definition) is 2. The average molecular weight is 540 g/mol. The van der Waals surface area contributed by atoms with Crippen LogP contribution in [0.3, 0.4) is 0 Å². The van der Waals surface area contributed by atoms with E-state index in [0.717, 1.165) is 23.1 Å². The summed E-state index contributed by atoms with van der Waals surface area (Å²) in [6.45, 7) is 7.29. The number of nitrogens with two attached hydrogens (primary N) is 2. The minimum absolute atomic E-state index is 0.0117. The highest BCUT2D eigenvalue weighted by molar-refractivity contribution is 7.89. The zero-order valence-electron chi connectivity index (χ0n) is 20.5. The van der Waals surface area contributed by atoms with Gasteiger partial charge >= 0.3 is 6.09 Å². The molecule has 2 atom stereocenters.